The Morgan fingerprint density at radius 2 is 2.03 bits per heavy atom. The average Bonchev–Trinajstić information content (AvgIpc) is 3.08. The zero-order valence-corrected chi connectivity index (χ0v) is 23.7. The van der Waals surface area contributed by atoms with Crippen LogP contribution in [0.5, 0.6) is 0 Å². The first-order valence-corrected chi connectivity index (χ1v) is 13.8. The molecule has 0 unspecified atom stereocenters. The summed E-state index contributed by atoms with van der Waals surface area (Å²) in [6.07, 6.45) is 2.05. The number of anilines is 1. The number of ether oxygens (including phenoxy) is 1. The largest absolute Gasteiger partial charge is 0.444 e. The molecule has 2 bridgehead atoms. The first kappa shape index (κ1) is 26.4. The van der Waals surface area contributed by atoms with Gasteiger partial charge >= 0.3 is 6.09 Å². The van der Waals surface area contributed by atoms with Crippen molar-refractivity contribution >= 4 is 62.1 Å². The van der Waals surface area contributed by atoms with Crippen LogP contribution in [0.25, 0.3) is 10.9 Å². The smallest absolute Gasteiger partial charge is 0.410 e. The third kappa shape index (κ3) is 5.25. The maximum Gasteiger partial charge on any atom is 0.410 e. The molecule has 2 aromatic heterocycles. The van der Waals surface area contributed by atoms with Crippen LogP contribution in [-0.4, -0.2) is 62.0 Å². The molecular formula is C24H30BrClFN5O2S. The molecule has 0 saturated carbocycles. The van der Waals surface area contributed by atoms with Crippen LogP contribution in [0.15, 0.2) is 21.9 Å². The Labute approximate surface area is 223 Å². The molecule has 4 heterocycles. The van der Waals surface area contributed by atoms with Crippen molar-refractivity contribution in [1.29, 1.82) is 0 Å². The molecule has 1 amide bonds. The Balaban J connectivity index is 1.85. The van der Waals surface area contributed by atoms with Crippen molar-refractivity contribution in [3.05, 3.63) is 27.7 Å². The number of fused-ring (bicyclic) bond motifs is 3. The van der Waals surface area contributed by atoms with Crippen molar-refractivity contribution in [2.45, 2.75) is 82.8 Å². The first-order chi connectivity index (χ1) is 16.4. The highest BCUT2D eigenvalue weighted by Crippen LogP contribution is 2.43. The van der Waals surface area contributed by atoms with Crippen molar-refractivity contribution in [3.8, 4) is 0 Å². The monoisotopic (exact) mass is 585 g/mol. The van der Waals surface area contributed by atoms with E-state index in [9.17, 15) is 4.79 Å². The minimum absolute atomic E-state index is 0.0487. The first-order valence-electron chi connectivity index (χ1n) is 11.7. The van der Waals surface area contributed by atoms with E-state index in [1.807, 2.05) is 39.5 Å². The average molecular weight is 587 g/mol. The molecule has 2 saturated heterocycles. The van der Waals surface area contributed by atoms with Crippen LogP contribution < -0.4 is 4.90 Å². The molecule has 0 spiro atoms. The van der Waals surface area contributed by atoms with Gasteiger partial charge in [0.15, 0.2) is 16.1 Å². The van der Waals surface area contributed by atoms with Gasteiger partial charge in [0, 0.05) is 6.54 Å². The molecule has 2 aromatic rings. The van der Waals surface area contributed by atoms with Crippen molar-refractivity contribution in [3.63, 3.8) is 0 Å². The van der Waals surface area contributed by atoms with Gasteiger partial charge in [0.05, 0.1) is 23.5 Å². The van der Waals surface area contributed by atoms with Gasteiger partial charge in [-0.2, -0.15) is 0 Å². The highest BCUT2D eigenvalue weighted by Gasteiger charge is 2.50. The molecule has 3 atom stereocenters. The van der Waals surface area contributed by atoms with Gasteiger partial charge in [0.2, 0.25) is 0 Å². The second-order valence-corrected chi connectivity index (χ2v) is 12.4. The van der Waals surface area contributed by atoms with Gasteiger partial charge in [-0.05, 0) is 68.6 Å². The lowest BCUT2D eigenvalue weighted by Crippen LogP contribution is -2.62. The summed E-state index contributed by atoms with van der Waals surface area (Å²) in [5.41, 5.74) is 0.538. The molecule has 190 valence electrons. The summed E-state index contributed by atoms with van der Waals surface area (Å²) in [4.78, 5) is 30.7. The molecule has 2 fully saturated rings. The standard InChI is InChI=1S/C24H30BrClFN5O2S/c1-7-35-22-28-18-16(19(25)29-20(26)17(18)27)21(30-22)31-11-13-8-9-14(15(31)10-12(2)3)32(13)23(33)34-24(4,5)6/h13-15H,2,7-11H2,1,3-6H3/t13-,14+,15-/m1/s1. The molecule has 0 radical (unpaired) electrons. The van der Waals surface area contributed by atoms with Crippen LogP contribution in [0.2, 0.25) is 5.15 Å². The number of aromatic nitrogens is 3. The van der Waals surface area contributed by atoms with Gasteiger partial charge in [-0.25, -0.2) is 24.1 Å². The summed E-state index contributed by atoms with van der Waals surface area (Å²) in [6, 6.07) is -0.245. The third-order valence-corrected chi connectivity index (χ3v) is 7.72. The predicted octanol–water partition coefficient (Wildman–Crippen LogP) is 6.61. The van der Waals surface area contributed by atoms with Gasteiger partial charge in [-0.1, -0.05) is 35.9 Å². The van der Waals surface area contributed by atoms with E-state index in [-0.39, 0.29) is 34.9 Å². The number of carbonyl (C=O) groups is 1. The van der Waals surface area contributed by atoms with Crippen LogP contribution in [0, 0.1) is 5.82 Å². The molecule has 0 aliphatic carbocycles. The van der Waals surface area contributed by atoms with Crippen LogP contribution in [0.1, 0.15) is 53.9 Å². The highest BCUT2D eigenvalue weighted by atomic mass is 79.9. The van der Waals surface area contributed by atoms with Gasteiger partial charge in [0.1, 0.15) is 21.5 Å². The Morgan fingerprint density at radius 1 is 1.31 bits per heavy atom. The third-order valence-electron chi connectivity index (χ3n) is 6.17. The zero-order valence-electron chi connectivity index (χ0n) is 20.6. The van der Waals surface area contributed by atoms with Crippen molar-refractivity contribution in [2.75, 3.05) is 17.2 Å². The summed E-state index contributed by atoms with van der Waals surface area (Å²) >= 11 is 11.0. The number of halogens is 3. The number of amides is 1. The van der Waals surface area contributed by atoms with E-state index in [2.05, 4.69) is 37.4 Å². The van der Waals surface area contributed by atoms with E-state index in [1.54, 1.807) is 0 Å². The Bertz CT molecular complexity index is 1180. The molecule has 2 aliphatic heterocycles. The Kier molecular flexibility index (Phi) is 7.56. The van der Waals surface area contributed by atoms with Gasteiger partial charge in [0.25, 0.3) is 0 Å². The molecule has 35 heavy (non-hydrogen) atoms. The number of carbonyl (C=O) groups excluding carboxylic acids is 1. The second-order valence-electron chi connectivity index (χ2n) is 10.1. The number of rotatable bonds is 5. The van der Waals surface area contributed by atoms with Gasteiger partial charge in [-0.3, -0.25) is 4.90 Å². The van der Waals surface area contributed by atoms with E-state index in [4.69, 9.17) is 21.3 Å². The SMILES string of the molecule is C=C(C)C[C@@H]1[C@@H]2CC[C@H](CN1c1nc(SCC)nc3c(F)c(Cl)nc(Br)c13)N2C(=O)OC(C)(C)C. The van der Waals surface area contributed by atoms with Crippen molar-refractivity contribution in [2.24, 2.45) is 0 Å². The maximum atomic E-state index is 15.1. The second kappa shape index (κ2) is 10.0. The quantitative estimate of drug-likeness (QED) is 0.169. The van der Waals surface area contributed by atoms with Crippen LogP contribution in [0.4, 0.5) is 15.0 Å². The van der Waals surface area contributed by atoms with Gasteiger partial charge in [-0.15, -0.1) is 6.58 Å². The summed E-state index contributed by atoms with van der Waals surface area (Å²) in [5.74, 6) is 0.658. The van der Waals surface area contributed by atoms with E-state index < -0.39 is 11.4 Å². The molecule has 11 heteroatoms. The Morgan fingerprint density at radius 3 is 2.66 bits per heavy atom. The molecule has 2 aliphatic rings. The fraction of sp³-hybridized carbons (Fsp3) is 0.583. The van der Waals surface area contributed by atoms with Crippen LogP contribution >= 0.6 is 39.3 Å². The number of piperazine rings is 1. The number of thioether (sulfide) groups is 1. The van der Waals surface area contributed by atoms with E-state index in [0.717, 1.165) is 24.2 Å². The van der Waals surface area contributed by atoms with Crippen LogP contribution in [0.3, 0.4) is 0 Å². The predicted molar refractivity (Wildman–Crippen MR) is 142 cm³/mol. The zero-order chi connectivity index (χ0) is 25.7. The fourth-order valence-corrected chi connectivity index (χ4v) is 6.34. The summed E-state index contributed by atoms with van der Waals surface area (Å²) in [5, 5.41) is 0.707. The molecular weight excluding hydrogens is 557 g/mol. The highest BCUT2D eigenvalue weighted by molar-refractivity contribution is 9.10. The van der Waals surface area contributed by atoms with Gasteiger partial charge < -0.3 is 9.64 Å². The fourth-order valence-electron chi connectivity index (χ4n) is 4.95. The summed E-state index contributed by atoms with van der Waals surface area (Å²) in [7, 11) is 0. The number of hydrogen-bond acceptors (Lipinski definition) is 7. The molecule has 4 rings (SSSR count). The number of nitrogens with zero attached hydrogens (tertiary/aromatic N) is 5. The van der Waals surface area contributed by atoms with E-state index in [0.29, 0.717) is 33.9 Å². The molecule has 0 N–H and O–H groups in total. The minimum Gasteiger partial charge on any atom is -0.444 e. The lowest BCUT2D eigenvalue weighted by Gasteiger charge is -2.48. The van der Waals surface area contributed by atoms with E-state index >= 15 is 4.39 Å². The number of pyridine rings is 1. The normalized spacial score (nSPS) is 22.1. The topological polar surface area (TPSA) is 71.5 Å². The van der Waals surface area contributed by atoms with Crippen molar-refractivity contribution < 1.29 is 13.9 Å². The summed E-state index contributed by atoms with van der Waals surface area (Å²) in [6.45, 7) is 14.3. The lowest BCUT2D eigenvalue weighted by molar-refractivity contribution is 0.00753. The minimum atomic E-state index is -0.668. The van der Waals surface area contributed by atoms with E-state index in [1.165, 1.54) is 11.8 Å². The van der Waals surface area contributed by atoms with Crippen molar-refractivity contribution in [1.82, 2.24) is 19.9 Å². The molecule has 0 aromatic carbocycles. The Hall–Kier alpha value is -1.65. The molecule has 7 nitrogen and oxygen atoms in total. The summed E-state index contributed by atoms with van der Waals surface area (Å²) < 4.78 is 21.3. The van der Waals surface area contributed by atoms with Crippen LogP contribution in [-0.2, 0) is 4.74 Å². The maximum absolute atomic E-state index is 15.1. The lowest BCUT2D eigenvalue weighted by atomic mass is 9.96. The number of hydrogen-bond donors (Lipinski definition) is 0.